The lowest BCUT2D eigenvalue weighted by atomic mass is 10.1. The fraction of sp³-hybridized carbons (Fsp3) is 0.278. The molecule has 0 heterocycles. The lowest BCUT2D eigenvalue weighted by Gasteiger charge is -2.12. The molecule has 2 rings (SSSR count). The Labute approximate surface area is 136 Å². The zero-order chi connectivity index (χ0) is 16.7. The Hall–Kier alpha value is -2.53. The van der Waals surface area contributed by atoms with E-state index in [2.05, 4.69) is 16.7 Å². The number of benzene rings is 2. The number of ether oxygens (including phenoxy) is 2. The molecule has 1 amide bonds. The molecule has 2 N–H and O–H groups in total. The second-order valence-electron chi connectivity index (χ2n) is 5.21. The molecule has 0 bridgehead atoms. The monoisotopic (exact) mass is 314 g/mol. The zero-order valence-corrected chi connectivity index (χ0v) is 13.7. The first-order valence-corrected chi connectivity index (χ1v) is 7.40. The minimum atomic E-state index is -0.124. The van der Waals surface area contributed by atoms with Crippen LogP contribution in [0.15, 0.2) is 42.5 Å². The van der Waals surface area contributed by atoms with Crippen LogP contribution < -0.4 is 20.1 Å². The van der Waals surface area contributed by atoms with Crippen LogP contribution in [0, 0.1) is 6.92 Å². The number of nitrogens with one attached hydrogen (secondary N) is 2. The maximum atomic E-state index is 12.0. The molecular formula is C18H22N2O3. The summed E-state index contributed by atoms with van der Waals surface area (Å²) in [6.45, 7) is 2.92. The molecule has 0 unspecified atom stereocenters. The van der Waals surface area contributed by atoms with Gasteiger partial charge in [-0.3, -0.25) is 4.79 Å². The van der Waals surface area contributed by atoms with Crippen molar-refractivity contribution < 1.29 is 14.3 Å². The molecule has 0 fully saturated rings. The number of hydrogen-bond acceptors (Lipinski definition) is 4. The van der Waals surface area contributed by atoms with E-state index in [1.807, 2.05) is 25.1 Å². The highest BCUT2D eigenvalue weighted by atomic mass is 16.5. The second-order valence-corrected chi connectivity index (χ2v) is 5.21. The summed E-state index contributed by atoms with van der Waals surface area (Å²) in [5.74, 6) is 1.12. The molecular weight excluding hydrogens is 292 g/mol. The summed E-state index contributed by atoms with van der Waals surface area (Å²) in [5.41, 5.74) is 2.98. The first-order valence-electron chi connectivity index (χ1n) is 7.40. The third-order valence-electron chi connectivity index (χ3n) is 3.38. The number of carbonyl (C=O) groups excluding carboxylic acids is 1. The van der Waals surface area contributed by atoms with Gasteiger partial charge in [-0.25, -0.2) is 0 Å². The van der Waals surface area contributed by atoms with Gasteiger partial charge in [0.2, 0.25) is 5.91 Å². The molecule has 0 aliphatic heterocycles. The SMILES string of the molecule is COc1ccc(NC(=O)CNCc2cccc(C)c2)c(OC)c1. The highest BCUT2D eigenvalue weighted by molar-refractivity contribution is 5.93. The largest absolute Gasteiger partial charge is 0.497 e. The third kappa shape index (κ3) is 5.00. The third-order valence-corrected chi connectivity index (χ3v) is 3.38. The molecule has 23 heavy (non-hydrogen) atoms. The van der Waals surface area contributed by atoms with Crippen LogP contribution in [0.5, 0.6) is 11.5 Å². The molecule has 0 saturated heterocycles. The van der Waals surface area contributed by atoms with Crippen molar-refractivity contribution in [1.29, 1.82) is 0 Å². The molecule has 5 nitrogen and oxygen atoms in total. The van der Waals surface area contributed by atoms with Gasteiger partial charge in [0.25, 0.3) is 0 Å². The number of anilines is 1. The first kappa shape index (κ1) is 16.8. The van der Waals surface area contributed by atoms with Gasteiger partial charge in [0.05, 0.1) is 26.5 Å². The van der Waals surface area contributed by atoms with E-state index in [4.69, 9.17) is 9.47 Å². The van der Waals surface area contributed by atoms with Crippen LogP contribution in [0.4, 0.5) is 5.69 Å². The lowest BCUT2D eigenvalue weighted by Crippen LogP contribution is -2.27. The van der Waals surface area contributed by atoms with Gasteiger partial charge in [-0.2, -0.15) is 0 Å². The van der Waals surface area contributed by atoms with Crippen LogP contribution >= 0.6 is 0 Å². The van der Waals surface area contributed by atoms with Gasteiger partial charge in [-0.1, -0.05) is 29.8 Å². The van der Waals surface area contributed by atoms with Crippen LogP contribution in [0.3, 0.4) is 0 Å². The van der Waals surface area contributed by atoms with E-state index >= 15 is 0 Å². The predicted octanol–water partition coefficient (Wildman–Crippen LogP) is 2.74. The number of carbonyl (C=O) groups is 1. The van der Waals surface area contributed by atoms with Crippen molar-refractivity contribution in [2.45, 2.75) is 13.5 Å². The normalized spacial score (nSPS) is 10.2. The smallest absolute Gasteiger partial charge is 0.238 e. The van der Waals surface area contributed by atoms with Gasteiger partial charge >= 0.3 is 0 Å². The number of rotatable bonds is 7. The van der Waals surface area contributed by atoms with Crippen molar-refractivity contribution in [2.24, 2.45) is 0 Å². The number of amides is 1. The summed E-state index contributed by atoms with van der Waals surface area (Å²) < 4.78 is 10.4. The second kappa shape index (κ2) is 8.19. The fourth-order valence-corrected chi connectivity index (χ4v) is 2.24. The van der Waals surface area contributed by atoms with Gasteiger partial charge in [0.15, 0.2) is 0 Å². The summed E-state index contributed by atoms with van der Waals surface area (Å²) in [5, 5.41) is 5.96. The predicted molar refractivity (Wildman–Crippen MR) is 91.1 cm³/mol. The van der Waals surface area contributed by atoms with E-state index in [0.29, 0.717) is 23.7 Å². The number of hydrogen-bond donors (Lipinski definition) is 2. The fourth-order valence-electron chi connectivity index (χ4n) is 2.24. The average Bonchev–Trinajstić information content (AvgIpc) is 2.55. The molecule has 0 aromatic heterocycles. The minimum Gasteiger partial charge on any atom is -0.497 e. The maximum absolute atomic E-state index is 12.0. The molecule has 2 aromatic rings. The summed E-state index contributed by atoms with van der Waals surface area (Å²) in [6.07, 6.45) is 0. The van der Waals surface area contributed by atoms with Gasteiger partial charge in [0, 0.05) is 12.6 Å². The summed E-state index contributed by atoms with van der Waals surface area (Å²) >= 11 is 0. The van der Waals surface area contributed by atoms with E-state index in [-0.39, 0.29) is 12.5 Å². The molecule has 0 radical (unpaired) electrons. The molecule has 0 saturated carbocycles. The van der Waals surface area contributed by atoms with Crippen LogP contribution in [0.25, 0.3) is 0 Å². The van der Waals surface area contributed by atoms with Crippen LogP contribution in [0.1, 0.15) is 11.1 Å². The number of aryl methyl sites for hydroxylation is 1. The topological polar surface area (TPSA) is 59.6 Å². The Morgan fingerprint density at radius 1 is 1.09 bits per heavy atom. The van der Waals surface area contributed by atoms with Crippen LogP contribution in [0.2, 0.25) is 0 Å². The maximum Gasteiger partial charge on any atom is 0.238 e. The average molecular weight is 314 g/mol. The molecule has 0 aliphatic carbocycles. The van der Waals surface area contributed by atoms with Crippen molar-refractivity contribution >= 4 is 11.6 Å². The van der Waals surface area contributed by atoms with Crippen molar-refractivity contribution in [3.63, 3.8) is 0 Å². The first-order chi connectivity index (χ1) is 11.1. The van der Waals surface area contributed by atoms with Crippen molar-refractivity contribution in [1.82, 2.24) is 5.32 Å². The van der Waals surface area contributed by atoms with Crippen molar-refractivity contribution in [3.8, 4) is 11.5 Å². The summed E-state index contributed by atoms with van der Waals surface area (Å²) in [4.78, 5) is 12.0. The van der Waals surface area contributed by atoms with E-state index in [9.17, 15) is 4.79 Å². The molecule has 0 atom stereocenters. The van der Waals surface area contributed by atoms with E-state index in [1.54, 1.807) is 32.4 Å². The lowest BCUT2D eigenvalue weighted by molar-refractivity contribution is -0.115. The minimum absolute atomic E-state index is 0.124. The van der Waals surface area contributed by atoms with Gasteiger partial charge < -0.3 is 20.1 Å². The Balaban J connectivity index is 1.87. The van der Waals surface area contributed by atoms with Crippen LogP contribution in [-0.4, -0.2) is 26.7 Å². The van der Waals surface area contributed by atoms with Gasteiger partial charge in [0.1, 0.15) is 11.5 Å². The van der Waals surface area contributed by atoms with E-state index in [1.165, 1.54) is 5.56 Å². The zero-order valence-electron chi connectivity index (χ0n) is 13.7. The number of methoxy groups -OCH3 is 2. The van der Waals surface area contributed by atoms with Crippen molar-refractivity contribution in [2.75, 3.05) is 26.1 Å². The Morgan fingerprint density at radius 2 is 1.91 bits per heavy atom. The Kier molecular flexibility index (Phi) is 6.00. The van der Waals surface area contributed by atoms with E-state index < -0.39 is 0 Å². The quantitative estimate of drug-likeness (QED) is 0.825. The van der Waals surface area contributed by atoms with Crippen molar-refractivity contribution in [3.05, 3.63) is 53.6 Å². The Morgan fingerprint density at radius 3 is 2.61 bits per heavy atom. The van der Waals surface area contributed by atoms with E-state index in [0.717, 1.165) is 5.56 Å². The standard InChI is InChI=1S/C18H22N2O3/c1-13-5-4-6-14(9-13)11-19-12-18(21)20-16-8-7-15(22-2)10-17(16)23-3/h4-10,19H,11-12H2,1-3H3,(H,20,21). The highest BCUT2D eigenvalue weighted by Crippen LogP contribution is 2.28. The van der Waals surface area contributed by atoms with Crippen LogP contribution in [-0.2, 0) is 11.3 Å². The van der Waals surface area contributed by atoms with Gasteiger partial charge in [-0.15, -0.1) is 0 Å². The Bertz CT molecular complexity index is 671. The molecule has 0 aliphatic rings. The molecule has 0 spiro atoms. The highest BCUT2D eigenvalue weighted by Gasteiger charge is 2.08. The van der Waals surface area contributed by atoms with Gasteiger partial charge in [-0.05, 0) is 24.6 Å². The molecule has 2 aromatic carbocycles. The molecule has 5 heteroatoms. The molecule has 122 valence electrons. The summed E-state index contributed by atoms with van der Waals surface area (Å²) in [6, 6.07) is 13.5. The summed E-state index contributed by atoms with van der Waals surface area (Å²) in [7, 11) is 3.14.